The average Bonchev–Trinajstić information content (AvgIpc) is 3.61. The van der Waals surface area contributed by atoms with E-state index in [-0.39, 0.29) is 23.4 Å². The van der Waals surface area contributed by atoms with E-state index in [1.165, 1.54) is 17.8 Å². The fourth-order valence-electron chi connectivity index (χ4n) is 7.15. The summed E-state index contributed by atoms with van der Waals surface area (Å²) in [6.45, 7) is 15.0. The predicted molar refractivity (Wildman–Crippen MR) is 194 cm³/mol. The molecular weight excluding hydrogens is 618 g/mol. The molecule has 1 N–H and O–H groups in total. The second-order valence-corrected chi connectivity index (χ2v) is 12.9. The second-order valence-electron chi connectivity index (χ2n) is 12.9. The van der Waals surface area contributed by atoms with Gasteiger partial charge in [0.1, 0.15) is 11.3 Å². The Bertz CT molecular complexity index is 2000. The number of likely N-dealkylation sites (N-methyl/N-ethyl adjacent to an activating group) is 1. The summed E-state index contributed by atoms with van der Waals surface area (Å²) in [6.07, 6.45) is 4.95. The molecule has 2 saturated heterocycles. The van der Waals surface area contributed by atoms with Crippen molar-refractivity contribution in [3.8, 4) is 0 Å². The number of nitrogens with one attached hydrogen (secondary N) is 1. The van der Waals surface area contributed by atoms with Gasteiger partial charge >= 0.3 is 0 Å². The van der Waals surface area contributed by atoms with Gasteiger partial charge in [0.15, 0.2) is 0 Å². The molecule has 0 spiro atoms. The Labute approximate surface area is 285 Å². The van der Waals surface area contributed by atoms with Gasteiger partial charge in [0.2, 0.25) is 11.9 Å². The fraction of sp³-hybridized carbons (Fsp3) is 0.324. The number of rotatable bonds is 7. The second kappa shape index (κ2) is 13.2. The largest absolute Gasteiger partial charge is 0.369 e. The van der Waals surface area contributed by atoms with Crippen molar-refractivity contribution in [1.29, 1.82) is 0 Å². The first-order chi connectivity index (χ1) is 23.7. The van der Waals surface area contributed by atoms with Gasteiger partial charge in [-0.2, -0.15) is 4.98 Å². The smallest absolute Gasteiger partial charge is 0.276 e. The number of nitrogens with zero attached hydrogens (tertiary/aromatic N) is 8. The van der Waals surface area contributed by atoms with E-state index in [2.05, 4.69) is 52.4 Å². The Kier molecular flexibility index (Phi) is 8.64. The van der Waals surface area contributed by atoms with Crippen LogP contribution in [-0.4, -0.2) is 95.6 Å². The zero-order valence-electron chi connectivity index (χ0n) is 28.0. The van der Waals surface area contributed by atoms with E-state index in [4.69, 9.17) is 4.98 Å². The zero-order valence-corrected chi connectivity index (χ0v) is 28.0. The third kappa shape index (κ3) is 6.04. The van der Waals surface area contributed by atoms with Crippen LogP contribution in [0.4, 0.5) is 34.4 Å². The molecule has 2 fully saturated rings. The van der Waals surface area contributed by atoms with Crippen LogP contribution < -0.4 is 25.6 Å². The van der Waals surface area contributed by atoms with Crippen molar-refractivity contribution >= 4 is 57.2 Å². The summed E-state index contributed by atoms with van der Waals surface area (Å²) in [5.41, 5.74) is 5.17. The molecule has 2 aromatic heterocycles. The highest BCUT2D eigenvalue weighted by Gasteiger charge is 2.33. The van der Waals surface area contributed by atoms with Gasteiger partial charge in [-0.05, 0) is 74.5 Å². The van der Waals surface area contributed by atoms with Crippen molar-refractivity contribution in [2.24, 2.45) is 0 Å². The van der Waals surface area contributed by atoms with Crippen LogP contribution in [0, 0.1) is 6.92 Å². The summed E-state index contributed by atoms with van der Waals surface area (Å²) in [7, 11) is 2.15. The molecule has 252 valence electrons. The molecule has 0 unspecified atom stereocenters. The number of hydrogen-bond donors (Lipinski definition) is 1. The van der Waals surface area contributed by atoms with E-state index in [1.807, 2.05) is 48.2 Å². The van der Waals surface area contributed by atoms with E-state index >= 15 is 0 Å². The first-order valence-electron chi connectivity index (χ1n) is 16.7. The number of anilines is 6. The number of likely N-dealkylation sites (tertiary alicyclic amines) is 1. The monoisotopic (exact) mass is 659 g/mol. The van der Waals surface area contributed by atoms with Crippen LogP contribution in [-0.2, 0) is 9.59 Å². The van der Waals surface area contributed by atoms with Crippen LogP contribution in [0.1, 0.15) is 18.0 Å². The molecule has 0 aliphatic carbocycles. The number of piperazine rings is 1. The molecule has 7 rings (SSSR count). The van der Waals surface area contributed by atoms with Crippen molar-refractivity contribution in [2.45, 2.75) is 19.4 Å². The molecule has 3 aliphatic heterocycles. The number of hydrogen-bond acceptors (Lipinski definition) is 9. The van der Waals surface area contributed by atoms with E-state index in [0.29, 0.717) is 55.3 Å². The summed E-state index contributed by atoms with van der Waals surface area (Å²) < 4.78 is 1.72. The Balaban J connectivity index is 1.27. The lowest BCUT2D eigenvalue weighted by molar-refractivity contribution is -0.125. The van der Waals surface area contributed by atoms with Crippen molar-refractivity contribution in [3.05, 3.63) is 96.0 Å². The third-order valence-electron chi connectivity index (χ3n) is 9.82. The molecule has 49 heavy (non-hydrogen) atoms. The highest BCUT2D eigenvalue weighted by atomic mass is 16.2. The molecule has 0 bridgehead atoms. The first-order valence-corrected chi connectivity index (χ1v) is 16.7. The molecule has 12 heteroatoms. The van der Waals surface area contributed by atoms with Gasteiger partial charge in [0.05, 0.1) is 17.4 Å². The van der Waals surface area contributed by atoms with Crippen molar-refractivity contribution in [3.63, 3.8) is 0 Å². The number of benzene rings is 2. The highest BCUT2D eigenvalue weighted by molar-refractivity contribution is 6.05. The summed E-state index contributed by atoms with van der Waals surface area (Å²) in [5.74, 6) is 0.0159. The molecule has 5 heterocycles. The van der Waals surface area contributed by atoms with Gasteiger partial charge in [-0.1, -0.05) is 25.3 Å². The minimum absolute atomic E-state index is 0.166. The molecular formula is C37H41N9O3. The molecule has 0 radical (unpaired) electrons. The number of carbonyl (C=O) groups excluding carboxylic acids is 2. The predicted octanol–water partition coefficient (Wildman–Crippen LogP) is 4.23. The molecule has 3 aliphatic rings. The molecule has 0 saturated carbocycles. The molecule has 4 aromatic rings. The lowest BCUT2D eigenvalue weighted by Gasteiger charge is -2.38. The maximum Gasteiger partial charge on any atom is 0.276 e. The van der Waals surface area contributed by atoms with E-state index in [9.17, 15) is 14.4 Å². The van der Waals surface area contributed by atoms with Crippen LogP contribution in [0.3, 0.4) is 0 Å². The summed E-state index contributed by atoms with van der Waals surface area (Å²) in [6, 6.07) is 15.6. The Morgan fingerprint density at radius 2 is 1.67 bits per heavy atom. The Morgan fingerprint density at radius 3 is 2.41 bits per heavy atom. The van der Waals surface area contributed by atoms with Crippen molar-refractivity contribution in [2.75, 3.05) is 79.4 Å². The third-order valence-corrected chi connectivity index (χ3v) is 9.82. The Hall–Kier alpha value is -5.49. The minimum Gasteiger partial charge on any atom is -0.369 e. The SMILES string of the molecule is C=CC(=O)N1CC[C@H](n2c(=O)c(N3CCN(C(=O)C=C)c4c(C)cccc43)cc3cnc(Nc4ccc(N5CCN(C)CC5)cc4)nc32)C1. The minimum atomic E-state index is -0.301. The van der Waals surface area contributed by atoms with Gasteiger partial charge in [-0.25, -0.2) is 4.98 Å². The molecule has 2 aromatic carbocycles. The van der Waals surface area contributed by atoms with Crippen molar-refractivity contribution < 1.29 is 9.59 Å². The quantitative estimate of drug-likeness (QED) is 0.292. The molecule has 2 amide bonds. The number of fused-ring (bicyclic) bond motifs is 2. The zero-order chi connectivity index (χ0) is 34.2. The number of para-hydroxylation sites is 1. The van der Waals surface area contributed by atoms with Crippen LogP contribution in [0.25, 0.3) is 11.0 Å². The van der Waals surface area contributed by atoms with Crippen LogP contribution in [0.15, 0.2) is 84.8 Å². The van der Waals surface area contributed by atoms with Crippen LogP contribution >= 0.6 is 0 Å². The van der Waals surface area contributed by atoms with E-state index in [1.54, 1.807) is 20.6 Å². The van der Waals surface area contributed by atoms with Crippen molar-refractivity contribution in [1.82, 2.24) is 24.3 Å². The maximum absolute atomic E-state index is 14.7. The first kappa shape index (κ1) is 32.1. The van der Waals surface area contributed by atoms with Gasteiger partial charge < -0.3 is 29.8 Å². The van der Waals surface area contributed by atoms with Gasteiger partial charge in [-0.15, -0.1) is 0 Å². The number of amides is 2. The van der Waals surface area contributed by atoms with Gasteiger partial charge in [-0.3, -0.25) is 19.0 Å². The van der Waals surface area contributed by atoms with Crippen LogP contribution in [0.2, 0.25) is 0 Å². The highest BCUT2D eigenvalue weighted by Crippen LogP contribution is 2.40. The number of carbonyl (C=O) groups is 2. The van der Waals surface area contributed by atoms with E-state index < -0.39 is 0 Å². The normalized spacial score (nSPS) is 18.0. The molecule has 12 nitrogen and oxygen atoms in total. The number of aromatic nitrogens is 3. The summed E-state index contributed by atoms with van der Waals surface area (Å²) >= 11 is 0. The maximum atomic E-state index is 14.7. The van der Waals surface area contributed by atoms with E-state index in [0.717, 1.165) is 48.8 Å². The lowest BCUT2D eigenvalue weighted by atomic mass is 10.1. The summed E-state index contributed by atoms with van der Waals surface area (Å²) in [4.78, 5) is 59.7. The van der Waals surface area contributed by atoms with Gasteiger partial charge in [0.25, 0.3) is 11.5 Å². The topological polar surface area (TPSA) is 110 Å². The number of pyridine rings is 1. The number of aryl methyl sites for hydroxylation is 1. The Morgan fingerprint density at radius 1 is 0.918 bits per heavy atom. The van der Waals surface area contributed by atoms with Crippen LogP contribution in [0.5, 0.6) is 0 Å². The van der Waals surface area contributed by atoms with Gasteiger partial charge in [0, 0.05) is 75.3 Å². The lowest BCUT2D eigenvalue weighted by Crippen LogP contribution is -2.44. The standard InChI is InChI=1S/C37H41N9O3/c1-5-32(47)43-15-14-29(24-43)46-35-26(23-38-37(40-35)39-27-10-12-28(13-11-27)42-18-16-41(4)17-19-42)22-31(36(46)49)44-20-21-45(33(48)6-2)34-25(3)8-7-9-30(34)44/h5-13,22-23,29H,1-2,14-21,24H2,3-4H3,(H,38,39,40)/t29-/m0/s1. The average molecular weight is 660 g/mol. The fourth-order valence-corrected chi connectivity index (χ4v) is 7.15. The molecule has 1 atom stereocenters. The summed E-state index contributed by atoms with van der Waals surface area (Å²) in [5, 5.41) is 4.02.